The third-order valence-corrected chi connectivity index (χ3v) is 4.44. The highest BCUT2D eigenvalue weighted by Gasteiger charge is 2.13. The lowest BCUT2D eigenvalue weighted by molar-refractivity contribution is 0.834. The molecule has 140 valence electrons. The Bertz CT molecular complexity index is 870. The van der Waals surface area contributed by atoms with Gasteiger partial charge in [-0.05, 0) is 55.0 Å². The topological polar surface area (TPSA) is 48.2 Å². The maximum absolute atomic E-state index is 9.24. The van der Waals surface area contributed by atoms with Gasteiger partial charge < -0.3 is 5.32 Å². The normalized spacial score (nSPS) is 12.4. The van der Waals surface area contributed by atoms with E-state index in [4.69, 9.17) is 4.99 Å². The highest BCUT2D eigenvalue weighted by Crippen LogP contribution is 2.34. The Morgan fingerprint density at radius 3 is 2.11 bits per heavy atom. The summed E-state index contributed by atoms with van der Waals surface area (Å²) in [5.74, 6) is 0.835. The number of rotatable bonds is 6. The zero-order valence-electron chi connectivity index (χ0n) is 17.2. The van der Waals surface area contributed by atoms with Crippen LogP contribution in [-0.4, -0.2) is 5.71 Å². The summed E-state index contributed by atoms with van der Waals surface area (Å²) in [6.07, 6.45) is 2.02. The van der Waals surface area contributed by atoms with Crippen LogP contribution in [0.25, 0.3) is 0 Å². The summed E-state index contributed by atoms with van der Waals surface area (Å²) in [7, 11) is 0. The molecule has 0 amide bonds. The molecule has 0 bridgehead atoms. The minimum Gasteiger partial charge on any atom is -0.358 e. The highest BCUT2D eigenvalue weighted by molar-refractivity contribution is 5.96. The summed E-state index contributed by atoms with van der Waals surface area (Å²) < 4.78 is 0. The molecular formula is C24H29N3. The largest absolute Gasteiger partial charge is 0.358 e. The van der Waals surface area contributed by atoms with E-state index in [-0.39, 0.29) is 0 Å². The van der Waals surface area contributed by atoms with Crippen LogP contribution >= 0.6 is 0 Å². The zero-order chi connectivity index (χ0) is 20.0. The van der Waals surface area contributed by atoms with E-state index >= 15 is 0 Å². The number of aliphatic imine (C=N–C) groups is 1. The molecule has 0 unspecified atom stereocenters. The van der Waals surface area contributed by atoms with E-state index in [0.717, 1.165) is 22.8 Å². The molecule has 3 nitrogen and oxygen atoms in total. The maximum atomic E-state index is 9.24. The van der Waals surface area contributed by atoms with Gasteiger partial charge in [-0.3, -0.25) is 4.99 Å². The Hall–Kier alpha value is -2.86. The maximum Gasteiger partial charge on any atom is 0.101 e. The van der Waals surface area contributed by atoms with Crippen LogP contribution in [0.15, 0.2) is 59.2 Å². The number of hydrogen-bond acceptors (Lipinski definition) is 3. The molecule has 0 saturated carbocycles. The van der Waals surface area contributed by atoms with Crippen LogP contribution in [0.5, 0.6) is 0 Å². The first kappa shape index (κ1) is 20.5. The molecule has 0 fully saturated rings. The predicted molar refractivity (Wildman–Crippen MR) is 116 cm³/mol. The van der Waals surface area contributed by atoms with Crippen LogP contribution < -0.4 is 5.32 Å². The summed E-state index contributed by atoms with van der Waals surface area (Å²) in [5, 5.41) is 12.6. The second kappa shape index (κ2) is 9.19. The van der Waals surface area contributed by atoms with Gasteiger partial charge in [-0.15, -0.1) is 0 Å². The smallest absolute Gasteiger partial charge is 0.101 e. The monoisotopic (exact) mass is 359 g/mol. The molecule has 1 N–H and O–H groups in total. The van der Waals surface area contributed by atoms with Gasteiger partial charge in [0.15, 0.2) is 0 Å². The molecule has 0 aliphatic rings. The van der Waals surface area contributed by atoms with E-state index < -0.39 is 0 Å². The molecule has 0 spiro atoms. The van der Waals surface area contributed by atoms with Gasteiger partial charge >= 0.3 is 0 Å². The van der Waals surface area contributed by atoms with E-state index in [2.05, 4.69) is 57.3 Å². The molecule has 2 aromatic rings. The van der Waals surface area contributed by atoms with Crippen molar-refractivity contribution in [2.75, 3.05) is 5.32 Å². The Labute approximate surface area is 163 Å². The van der Waals surface area contributed by atoms with Gasteiger partial charge in [0.2, 0.25) is 0 Å². The summed E-state index contributed by atoms with van der Waals surface area (Å²) in [6, 6.07) is 16.2. The number of nitrogens with zero attached hydrogens (tertiary/aromatic N) is 2. The molecule has 2 aromatic carbocycles. The van der Waals surface area contributed by atoms with Crippen molar-refractivity contribution in [1.29, 1.82) is 5.26 Å². The number of hydrogen-bond donors (Lipinski definition) is 1. The summed E-state index contributed by atoms with van der Waals surface area (Å²) in [6.45, 7) is 12.8. The first-order valence-electron chi connectivity index (χ1n) is 9.46. The number of anilines is 1. The molecule has 3 heteroatoms. The molecule has 0 radical (unpaired) electrons. The SMILES string of the molecule is CC(/C=C(\C)Nc1ccccc1C#N)=Nc1c(C(C)C)cccc1C(C)C. The fourth-order valence-electron chi connectivity index (χ4n) is 3.10. The Kier molecular flexibility index (Phi) is 6.96. The first-order valence-corrected chi connectivity index (χ1v) is 9.46. The van der Waals surface area contributed by atoms with Crippen molar-refractivity contribution in [3.05, 3.63) is 70.9 Å². The second-order valence-electron chi connectivity index (χ2n) is 7.46. The molecule has 0 saturated heterocycles. The quantitative estimate of drug-likeness (QED) is 0.569. The van der Waals surface area contributed by atoms with Crippen molar-refractivity contribution in [2.24, 2.45) is 4.99 Å². The van der Waals surface area contributed by atoms with Crippen molar-refractivity contribution in [2.45, 2.75) is 53.4 Å². The first-order chi connectivity index (χ1) is 12.8. The zero-order valence-corrected chi connectivity index (χ0v) is 17.2. The van der Waals surface area contributed by atoms with Gasteiger partial charge in [0.1, 0.15) is 6.07 Å². The second-order valence-corrected chi connectivity index (χ2v) is 7.46. The standard InChI is InChI=1S/C24H29N3/c1-16(2)21-11-9-12-22(17(3)4)24(21)27-19(6)14-18(5)26-23-13-8-7-10-20(23)15-25/h7-14,16-17,26H,1-6H3/b18-14+,27-19?. The molecule has 27 heavy (non-hydrogen) atoms. The average molecular weight is 360 g/mol. The van der Waals surface area contributed by atoms with E-state index in [1.54, 1.807) is 0 Å². The molecule has 2 rings (SSSR count). The van der Waals surface area contributed by atoms with Gasteiger partial charge in [0.25, 0.3) is 0 Å². The molecule has 0 aliphatic heterocycles. The van der Waals surface area contributed by atoms with Crippen LogP contribution in [0.4, 0.5) is 11.4 Å². The van der Waals surface area contributed by atoms with Crippen LogP contribution in [0.3, 0.4) is 0 Å². The summed E-state index contributed by atoms with van der Waals surface area (Å²) in [4.78, 5) is 4.96. The number of nitrogens with one attached hydrogen (secondary N) is 1. The summed E-state index contributed by atoms with van der Waals surface area (Å²) in [5.41, 5.74) is 6.96. The Morgan fingerprint density at radius 2 is 1.56 bits per heavy atom. The molecule has 0 aliphatic carbocycles. The molecule has 0 atom stereocenters. The lowest BCUT2D eigenvalue weighted by atomic mass is 9.93. The Morgan fingerprint density at radius 1 is 0.963 bits per heavy atom. The average Bonchev–Trinajstić information content (AvgIpc) is 2.61. The van der Waals surface area contributed by atoms with E-state index in [1.165, 1.54) is 11.1 Å². The third-order valence-electron chi connectivity index (χ3n) is 4.44. The van der Waals surface area contributed by atoms with E-state index in [1.807, 2.05) is 44.2 Å². The molecule has 0 heterocycles. The number of para-hydroxylation sites is 2. The van der Waals surface area contributed by atoms with Crippen LogP contribution in [0.1, 0.15) is 70.1 Å². The van der Waals surface area contributed by atoms with Gasteiger partial charge in [0, 0.05) is 11.4 Å². The summed E-state index contributed by atoms with van der Waals surface area (Å²) >= 11 is 0. The number of benzene rings is 2. The van der Waals surface area contributed by atoms with Gasteiger partial charge in [-0.2, -0.15) is 5.26 Å². The highest BCUT2D eigenvalue weighted by atomic mass is 14.9. The fraction of sp³-hybridized carbons (Fsp3) is 0.333. The van der Waals surface area contributed by atoms with Crippen molar-refractivity contribution >= 4 is 17.1 Å². The van der Waals surface area contributed by atoms with E-state index in [0.29, 0.717) is 17.4 Å². The lowest BCUT2D eigenvalue weighted by Gasteiger charge is -2.17. The van der Waals surface area contributed by atoms with Crippen molar-refractivity contribution < 1.29 is 0 Å². The van der Waals surface area contributed by atoms with Crippen molar-refractivity contribution in [3.8, 4) is 6.07 Å². The minimum absolute atomic E-state index is 0.418. The van der Waals surface area contributed by atoms with Gasteiger partial charge in [-0.25, -0.2) is 0 Å². The fourth-order valence-corrected chi connectivity index (χ4v) is 3.10. The minimum atomic E-state index is 0.418. The predicted octanol–water partition coefficient (Wildman–Crippen LogP) is 6.91. The van der Waals surface area contributed by atoms with Crippen molar-refractivity contribution in [1.82, 2.24) is 0 Å². The van der Waals surface area contributed by atoms with Crippen molar-refractivity contribution in [3.63, 3.8) is 0 Å². The third kappa shape index (κ3) is 5.31. The number of nitriles is 1. The van der Waals surface area contributed by atoms with Crippen LogP contribution in [0, 0.1) is 11.3 Å². The lowest BCUT2D eigenvalue weighted by Crippen LogP contribution is -2.01. The van der Waals surface area contributed by atoms with Gasteiger partial charge in [0.05, 0.1) is 16.9 Å². The van der Waals surface area contributed by atoms with Crippen LogP contribution in [-0.2, 0) is 0 Å². The molecular weight excluding hydrogens is 330 g/mol. The number of allylic oxidation sites excluding steroid dienone is 2. The van der Waals surface area contributed by atoms with E-state index in [9.17, 15) is 5.26 Å². The van der Waals surface area contributed by atoms with Crippen LogP contribution in [0.2, 0.25) is 0 Å². The molecule has 0 aromatic heterocycles. The van der Waals surface area contributed by atoms with Gasteiger partial charge in [-0.1, -0.05) is 58.0 Å². The Balaban J connectivity index is 2.37.